The number of nitrogens with zero attached hydrogens (tertiary/aromatic N) is 3. The number of aliphatic hydroxyl groups excluding tert-OH is 1. The van der Waals surface area contributed by atoms with E-state index in [4.69, 9.17) is 28.7 Å². The molecule has 0 aliphatic carbocycles. The van der Waals surface area contributed by atoms with Crippen LogP contribution in [0.15, 0.2) is 102 Å². The van der Waals surface area contributed by atoms with Crippen molar-refractivity contribution in [2.45, 2.75) is 88.6 Å². The third-order valence-corrected chi connectivity index (χ3v) is 12.1. The summed E-state index contributed by atoms with van der Waals surface area (Å²) in [7, 11) is 0. The molecule has 3 aromatic carbocycles. The Labute approximate surface area is 421 Å². The number of hydrazine groups is 2. The molecule has 24 heteroatoms. The predicted molar refractivity (Wildman–Crippen MR) is 262 cm³/mol. The molecule has 18 N–H and O–H groups in total. The van der Waals surface area contributed by atoms with E-state index in [9.17, 15) is 38.7 Å². The van der Waals surface area contributed by atoms with Crippen molar-refractivity contribution in [2.75, 3.05) is 24.7 Å². The summed E-state index contributed by atoms with van der Waals surface area (Å²) in [6.07, 6.45) is 3.74. The topological polar surface area (TPSA) is 377 Å². The number of para-hydroxylation sites is 1. The Morgan fingerprint density at radius 3 is 2.21 bits per heavy atom. The first kappa shape index (κ1) is 56.3. The van der Waals surface area contributed by atoms with E-state index in [0.717, 1.165) is 16.6 Å². The van der Waals surface area contributed by atoms with Crippen LogP contribution in [0.1, 0.15) is 51.5 Å². The number of hydrogen-bond donors (Lipinski definition) is 13. The third-order valence-electron chi connectivity index (χ3n) is 12.1. The number of guanidine groups is 1. The fourth-order valence-corrected chi connectivity index (χ4v) is 8.01. The predicted octanol–water partition coefficient (Wildman–Crippen LogP) is -1.86. The summed E-state index contributed by atoms with van der Waals surface area (Å²) in [5.41, 5.74) is 36.8. The zero-order valence-corrected chi connectivity index (χ0v) is 40.6. The summed E-state index contributed by atoms with van der Waals surface area (Å²) in [4.78, 5) is 103. The van der Waals surface area contributed by atoms with Gasteiger partial charge in [-0.15, -0.1) is 11.6 Å². The van der Waals surface area contributed by atoms with Crippen molar-refractivity contribution in [3.05, 3.63) is 103 Å². The number of nitrogens with two attached hydrogens (primary N) is 5. The number of benzene rings is 1. The minimum atomic E-state index is -1.51. The molecule has 0 spiro atoms. The second-order valence-electron chi connectivity index (χ2n) is 17.2. The number of carbonyl (C=O) groups excluding carboxylic acids is 7. The molecule has 8 atom stereocenters. The number of aromatic amines is 1. The molecule has 0 bridgehead atoms. The van der Waals surface area contributed by atoms with Gasteiger partial charge in [-0.05, 0) is 36.8 Å². The zero-order valence-electron chi connectivity index (χ0n) is 39.5. The second kappa shape index (κ2) is 27.2. The molecule has 1 aromatic heterocycles. The van der Waals surface area contributed by atoms with Crippen molar-refractivity contribution in [1.29, 1.82) is 0 Å². The Bertz CT molecular complexity index is 2440. The zero-order chi connectivity index (χ0) is 50.9. The quantitative estimate of drug-likeness (QED) is 0.0128. The van der Waals surface area contributed by atoms with Crippen molar-refractivity contribution >= 4 is 63.9 Å². The molecule has 71 heavy (non-hydrogen) atoms. The Morgan fingerprint density at radius 1 is 0.887 bits per heavy atom. The minimum absolute atomic E-state index is 0. The van der Waals surface area contributed by atoms with Gasteiger partial charge < -0.3 is 70.4 Å². The van der Waals surface area contributed by atoms with Crippen LogP contribution in [0.3, 0.4) is 0 Å². The average Bonchev–Trinajstić information content (AvgIpc) is 4.20. The van der Waals surface area contributed by atoms with Gasteiger partial charge in [-0.3, -0.25) is 43.6 Å². The number of H-pyrrole nitrogens is 1. The van der Waals surface area contributed by atoms with Crippen molar-refractivity contribution in [1.82, 2.24) is 42.1 Å². The van der Waals surface area contributed by atoms with Crippen molar-refractivity contribution in [2.24, 2.45) is 45.5 Å². The fraction of sp³-hybridized carbons (Fsp3) is 0.404. The number of amides is 7. The van der Waals surface area contributed by atoms with E-state index in [1.165, 1.54) is 4.90 Å². The number of nitrogens with one attached hydrogen (secondary N) is 7. The molecule has 7 amide bonds. The molecular weight excluding hydrogens is 958 g/mol. The summed E-state index contributed by atoms with van der Waals surface area (Å²) in [6.45, 7) is 2.92. The first-order chi connectivity index (χ1) is 33.5. The average molecular weight is 1020 g/mol. The number of likely N-dealkylation sites (tertiary alicyclic amines) is 1. The maximum Gasteiger partial charge on any atom is 2.00 e. The molecule has 1 saturated heterocycles. The molecule has 23 nitrogen and oxygen atoms in total. The molecule has 0 saturated carbocycles. The SMILES string of the molecule is CC[C@H](C)[C@H](NC(=O)[C@H](CC(N)=O)NC(=O)[C@@H](N)CCCN=C(N)N)C(=O)N1CC(C2=CN(c3ccc[cH-]3)NN2)C[C@H]1C(=O)N[C@@H](Cc1c[nH]c2ccccc12)C(=O)N[C@@H](CO)C(N)=O.[Fe+2].c1cc[cH-]c1. The fourth-order valence-electron chi connectivity index (χ4n) is 8.01. The van der Waals surface area contributed by atoms with Crippen LogP contribution in [0.2, 0.25) is 0 Å². The van der Waals surface area contributed by atoms with Crippen molar-refractivity contribution < 1.29 is 55.7 Å². The van der Waals surface area contributed by atoms with Crippen LogP contribution in [0, 0.1) is 11.8 Å². The summed E-state index contributed by atoms with van der Waals surface area (Å²) in [6, 6.07) is 16.9. The van der Waals surface area contributed by atoms with E-state index < -0.39 is 102 Å². The van der Waals surface area contributed by atoms with Gasteiger partial charge in [0.1, 0.15) is 30.2 Å². The van der Waals surface area contributed by atoms with Gasteiger partial charge in [-0.1, -0.05) is 44.2 Å². The van der Waals surface area contributed by atoms with Crippen LogP contribution < -0.4 is 65.9 Å². The van der Waals surface area contributed by atoms with E-state index in [0.29, 0.717) is 24.1 Å². The molecule has 1 unspecified atom stereocenters. The molecule has 4 aromatic rings. The largest absolute Gasteiger partial charge is 2.00 e. The van der Waals surface area contributed by atoms with E-state index in [-0.39, 0.29) is 55.4 Å². The van der Waals surface area contributed by atoms with Gasteiger partial charge in [-0.2, -0.15) is 30.3 Å². The number of aromatic nitrogens is 1. The molecule has 2 aliphatic heterocycles. The number of anilines is 1. The van der Waals surface area contributed by atoms with E-state index >= 15 is 0 Å². The Morgan fingerprint density at radius 2 is 1.59 bits per heavy atom. The van der Waals surface area contributed by atoms with Gasteiger partial charge in [0.05, 0.1) is 24.8 Å². The van der Waals surface area contributed by atoms with Gasteiger partial charge in [-0.25, -0.2) is 18.2 Å². The van der Waals surface area contributed by atoms with Gasteiger partial charge >= 0.3 is 17.1 Å². The molecule has 3 heterocycles. The normalized spacial score (nSPS) is 17.5. The van der Waals surface area contributed by atoms with Gasteiger partial charge in [0, 0.05) is 48.7 Å². The maximum absolute atomic E-state index is 14.9. The molecule has 1 fully saturated rings. The maximum atomic E-state index is 14.9. The number of aliphatic hydroxyl groups is 1. The summed E-state index contributed by atoms with van der Waals surface area (Å²) in [5, 5.41) is 22.7. The van der Waals surface area contributed by atoms with E-state index in [1.807, 2.05) is 78.9 Å². The third kappa shape index (κ3) is 15.9. The van der Waals surface area contributed by atoms with Crippen LogP contribution in [0.4, 0.5) is 5.69 Å². The minimum Gasteiger partial charge on any atom is -0.394 e. The molecular formula is C47H65FeN15O8. The van der Waals surface area contributed by atoms with Crippen molar-refractivity contribution in [3.8, 4) is 0 Å². The van der Waals surface area contributed by atoms with Crippen LogP contribution in [-0.4, -0.2) is 118 Å². The standard InChI is InChI=1S/C42H60N15O8.C5H5.Fe/c1-3-22(2)35(53-39(63)30(17-34(44)59)50-37(61)27(43)12-8-14-48-42(46)47)41(65)56-19-24(31-20-57(55-54-31)25-9-4-5-10-25)16-33(56)40(64)51-29(38(62)52-32(21-58)36(45)60)15-23-18-49-28-13-7-6-11-26(23)28;1-2-4-5-3-1;/h4-7,9-11,13,18,20,22,24,27,29-30,32-33,35,49,54-55,58H,3,8,12,14-17,19,21,43H2,1-2H3,(H2,44,59)(H2,45,60)(H,50,61)(H,51,64)(H,52,62)(H,53,63)(H4,46,47,48);1-5H;/q2*-1;+2/t22-,24?,27-,29-,30-,32-,33-,35-;;/m0../s1. The summed E-state index contributed by atoms with van der Waals surface area (Å²) < 4.78 is 0. The monoisotopic (exact) mass is 1020 g/mol. The van der Waals surface area contributed by atoms with E-state index in [1.54, 1.807) is 31.3 Å². The smallest absolute Gasteiger partial charge is 0.394 e. The van der Waals surface area contributed by atoms with Crippen LogP contribution in [0.5, 0.6) is 0 Å². The Kier molecular flexibility index (Phi) is 21.6. The number of carbonyl (C=O) groups is 7. The van der Waals surface area contributed by atoms with E-state index in [2.05, 4.69) is 42.2 Å². The number of hydrogen-bond acceptors (Lipinski definition) is 13. The van der Waals surface area contributed by atoms with Crippen LogP contribution >= 0.6 is 0 Å². The van der Waals surface area contributed by atoms with Crippen LogP contribution in [-0.2, 0) is 57.1 Å². The molecule has 384 valence electrons. The molecule has 6 rings (SSSR count). The Balaban J connectivity index is 0.00000171. The first-order valence-corrected chi connectivity index (χ1v) is 23.0. The number of rotatable bonds is 23. The molecule has 0 radical (unpaired) electrons. The van der Waals surface area contributed by atoms with Crippen LogP contribution in [0.25, 0.3) is 10.9 Å². The summed E-state index contributed by atoms with van der Waals surface area (Å²) in [5.74, 6) is -6.87. The van der Waals surface area contributed by atoms with Gasteiger partial charge in [0.2, 0.25) is 41.4 Å². The Hall–Kier alpha value is -7.24. The van der Waals surface area contributed by atoms with Gasteiger partial charge in [0.15, 0.2) is 5.96 Å². The summed E-state index contributed by atoms with van der Waals surface area (Å²) >= 11 is 0. The number of fused-ring (bicyclic) bond motifs is 1. The molecule has 2 aliphatic rings. The second-order valence-corrected chi connectivity index (χ2v) is 17.2. The number of primary amides is 2. The first-order valence-electron chi connectivity index (χ1n) is 23.0. The van der Waals surface area contributed by atoms with Crippen molar-refractivity contribution in [3.63, 3.8) is 0 Å². The van der Waals surface area contributed by atoms with Gasteiger partial charge in [0.25, 0.3) is 0 Å². The number of aliphatic imine (C=N–C) groups is 1.